The molecule has 0 spiro atoms. The van der Waals surface area contributed by atoms with Gasteiger partial charge >= 0.3 is 12.0 Å². The third kappa shape index (κ3) is 4.07. The highest BCUT2D eigenvalue weighted by Crippen LogP contribution is 2.31. The Morgan fingerprint density at radius 1 is 1.29 bits per heavy atom. The first-order valence-electron chi connectivity index (χ1n) is 8.14. The number of anilines is 1. The van der Waals surface area contributed by atoms with Crippen LogP contribution in [-0.4, -0.2) is 32.7 Å². The van der Waals surface area contributed by atoms with Gasteiger partial charge in [-0.1, -0.05) is 32.1 Å². The van der Waals surface area contributed by atoms with Gasteiger partial charge < -0.3 is 20.3 Å². The molecule has 1 aliphatic heterocycles. The standard InChI is InChI=1S/C18H25N3O3/c1-5-6-11-24-17(22)15-12(2)19-18(23)20-16(15)13-7-9-14(10-8-13)21(3)4/h7-10,15-16H,2,5-6,11H2,1,3-4H3,(H2,19,20,23)/t15-,16+/m1/s1. The second-order valence-corrected chi connectivity index (χ2v) is 6.09. The lowest BCUT2D eigenvalue weighted by Gasteiger charge is -2.33. The number of nitrogens with zero attached hydrogens (tertiary/aromatic N) is 1. The van der Waals surface area contributed by atoms with E-state index < -0.39 is 12.0 Å². The Balaban J connectivity index is 2.23. The van der Waals surface area contributed by atoms with Crippen molar-refractivity contribution in [2.45, 2.75) is 25.8 Å². The van der Waals surface area contributed by atoms with Crippen molar-refractivity contribution in [1.29, 1.82) is 0 Å². The van der Waals surface area contributed by atoms with Crippen molar-refractivity contribution in [2.75, 3.05) is 25.6 Å². The number of benzene rings is 1. The minimum atomic E-state index is -0.648. The molecule has 1 aromatic carbocycles. The van der Waals surface area contributed by atoms with Crippen LogP contribution in [0, 0.1) is 5.92 Å². The fourth-order valence-electron chi connectivity index (χ4n) is 2.63. The summed E-state index contributed by atoms with van der Waals surface area (Å²) in [5.74, 6) is -1.02. The molecule has 0 saturated carbocycles. The average molecular weight is 331 g/mol. The van der Waals surface area contributed by atoms with Crippen molar-refractivity contribution in [3.05, 3.63) is 42.1 Å². The fraction of sp³-hybridized carbons (Fsp3) is 0.444. The Morgan fingerprint density at radius 3 is 2.54 bits per heavy atom. The Hall–Kier alpha value is -2.50. The summed E-state index contributed by atoms with van der Waals surface area (Å²) >= 11 is 0. The van der Waals surface area contributed by atoms with Gasteiger partial charge in [0.2, 0.25) is 0 Å². The molecule has 6 nitrogen and oxygen atoms in total. The lowest BCUT2D eigenvalue weighted by atomic mass is 9.89. The molecule has 24 heavy (non-hydrogen) atoms. The molecule has 1 saturated heterocycles. The third-order valence-electron chi connectivity index (χ3n) is 4.03. The van der Waals surface area contributed by atoms with Crippen LogP contribution < -0.4 is 15.5 Å². The van der Waals surface area contributed by atoms with Gasteiger partial charge in [-0.15, -0.1) is 0 Å². The first-order valence-corrected chi connectivity index (χ1v) is 8.14. The monoisotopic (exact) mass is 331 g/mol. The number of ether oxygens (including phenoxy) is 1. The maximum absolute atomic E-state index is 12.5. The maximum atomic E-state index is 12.5. The summed E-state index contributed by atoms with van der Waals surface area (Å²) in [6, 6.07) is 6.87. The Labute approximate surface area is 142 Å². The van der Waals surface area contributed by atoms with Crippen LogP contribution in [0.4, 0.5) is 10.5 Å². The smallest absolute Gasteiger partial charge is 0.319 e. The van der Waals surface area contributed by atoms with Crippen molar-refractivity contribution in [3.63, 3.8) is 0 Å². The molecule has 0 aromatic heterocycles. The number of hydrogen-bond acceptors (Lipinski definition) is 4. The van der Waals surface area contributed by atoms with Gasteiger partial charge in [0.05, 0.1) is 12.6 Å². The number of amides is 2. The van der Waals surface area contributed by atoms with Crippen LogP contribution in [0.15, 0.2) is 36.5 Å². The number of carbonyl (C=O) groups is 2. The topological polar surface area (TPSA) is 70.7 Å². The quantitative estimate of drug-likeness (QED) is 0.621. The van der Waals surface area contributed by atoms with E-state index in [0.29, 0.717) is 12.3 Å². The molecular formula is C18H25N3O3. The van der Waals surface area contributed by atoms with Crippen molar-refractivity contribution in [3.8, 4) is 0 Å². The first kappa shape index (κ1) is 17.8. The van der Waals surface area contributed by atoms with Crippen LogP contribution in [0.1, 0.15) is 31.4 Å². The Morgan fingerprint density at radius 2 is 1.96 bits per heavy atom. The van der Waals surface area contributed by atoms with E-state index in [-0.39, 0.29) is 12.0 Å². The fourth-order valence-corrected chi connectivity index (χ4v) is 2.63. The van der Waals surface area contributed by atoms with Gasteiger partial charge in [0.25, 0.3) is 0 Å². The van der Waals surface area contributed by atoms with Gasteiger partial charge in [0, 0.05) is 25.5 Å². The summed E-state index contributed by atoms with van der Waals surface area (Å²) in [6.07, 6.45) is 1.76. The van der Waals surface area contributed by atoms with Crippen LogP contribution in [0.25, 0.3) is 0 Å². The van der Waals surface area contributed by atoms with Gasteiger partial charge in [0.1, 0.15) is 5.92 Å². The zero-order valence-electron chi connectivity index (χ0n) is 14.5. The number of esters is 1. The van der Waals surface area contributed by atoms with Crippen LogP contribution in [-0.2, 0) is 9.53 Å². The van der Waals surface area contributed by atoms with E-state index in [2.05, 4.69) is 17.2 Å². The normalized spacial score (nSPS) is 20.1. The summed E-state index contributed by atoms with van der Waals surface area (Å²) in [5.41, 5.74) is 2.25. The van der Waals surface area contributed by atoms with E-state index in [0.717, 1.165) is 24.1 Å². The highest BCUT2D eigenvalue weighted by Gasteiger charge is 2.38. The summed E-state index contributed by atoms with van der Waals surface area (Å²) in [6.45, 7) is 6.24. The lowest BCUT2D eigenvalue weighted by Crippen LogP contribution is -2.51. The molecule has 0 aliphatic carbocycles. The summed E-state index contributed by atoms with van der Waals surface area (Å²) < 4.78 is 5.34. The molecule has 0 unspecified atom stereocenters. The lowest BCUT2D eigenvalue weighted by molar-refractivity contribution is -0.148. The molecule has 0 bridgehead atoms. The predicted octanol–water partition coefficient (Wildman–Crippen LogP) is 2.58. The van der Waals surface area contributed by atoms with E-state index in [9.17, 15) is 9.59 Å². The number of urea groups is 1. The Bertz CT molecular complexity index is 610. The van der Waals surface area contributed by atoms with E-state index in [1.807, 2.05) is 50.2 Å². The molecule has 6 heteroatoms. The molecule has 2 atom stereocenters. The van der Waals surface area contributed by atoms with Crippen molar-refractivity contribution in [1.82, 2.24) is 10.6 Å². The molecule has 1 aromatic rings. The van der Waals surface area contributed by atoms with Crippen molar-refractivity contribution < 1.29 is 14.3 Å². The minimum absolute atomic E-state index is 0.362. The van der Waals surface area contributed by atoms with Gasteiger partial charge in [-0.3, -0.25) is 4.79 Å². The van der Waals surface area contributed by atoms with E-state index in [4.69, 9.17) is 4.74 Å². The molecule has 1 aliphatic rings. The van der Waals surface area contributed by atoms with E-state index >= 15 is 0 Å². The van der Waals surface area contributed by atoms with Gasteiger partial charge in [0.15, 0.2) is 0 Å². The predicted molar refractivity (Wildman–Crippen MR) is 93.7 cm³/mol. The maximum Gasteiger partial charge on any atom is 0.319 e. The van der Waals surface area contributed by atoms with E-state index in [1.54, 1.807) is 0 Å². The van der Waals surface area contributed by atoms with Gasteiger partial charge in [-0.25, -0.2) is 4.79 Å². The molecule has 2 N–H and O–H groups in total. The average Bonchev–Trinajstić information content (AvgIpc) is 2.54. The molecule has 1 fully saturated rings. The van der Waals surface area contributed by atoms with E-state index in [1.165, 1.54) is 0 Å². The number of hydrogen-bond donors (Lipinski definition) is 2. The van der Waals surface area contributed by atoms with Crippen LogP contribution in [0.2, 0.25) is 0 Å². The van der Waals surface area contributed by atoms with Crippen molar-refractivity contribution >= 4 is 17.7 Å². The zero-order chi connectivity index (χ0) is 17.7. The molecule has 0 radical (unpaired) electrons. The largest absolute Gasteiger partial charge is 0.465 e. The highest BCUT2D eigenvalue weighted by atomic mass is 16.5. The number of rotatable bonds is 6. The first-order chi connectivity index (χ1) is 11.4. The highest BCUT2D eigenvalue weighted by molar-refractivity contribution is 5.85. The van der Waals surface area contributed by atoms with Crippen LogP contribution in [0.5, 0.6) is 0 Å². The summed E-state index contributed by atoms with van der Waals surface area (Å²) in [7, 11) is 3.91. The second kappa shape index (κ2) is 7.86. The molecule has 1 heterocycles. The van der Waals surface area contributed by atoms with Gasteiger partial charge in [-0.05, 0) is 24.1 Å². The molecular weight excluding hydrogens is 306 g/mol. The third-order valence-corrected chi connectivity index (χ3v) is 4.03. The van der Waals surface area contributed by atoms with Gasteiger partial charge in [-0.2, -0.15) is 0 Å². The minimum Gasteiger partial charge on any atom is -0.465 e. The summed E-state index contributed by atoms with van der Waals surface area (Å²) in [5, 5.41) is 5.38. The second-order valence-electron chi connectivity index (χ2n) is 6.09. The Kier molecular flexibility index (Phi) is 5.84. The van der Waals surface area contributed by atoms with Crippen LogP contribution >= 0.6 is 0 Å². The van der Waals surface area contributed by atoms with Crippen molar-refractivity contribution in [2.24, 2.45) is 5.92 Å². The number of carbonyl (C=O) groups excluding carboxylic acids is 2. The number of unbranched alkanes of at least 4 members (excludes halogenated alkanes) is 1. The zero-order valence-corrected chi connectivity index (χ0v) is 14.5. The SMILES string of the molecule is C=C1NC(=O)N[C@@H](c2ccc(N(C)C)cc2)[C@@H]1C(=O)OCCCC. The molecule has 130 valence electrons. The molecule has 2 amide bonds. The number of nitrogens with one attached hydrogen (secondary N) is 2. The van der Waals surface area contributed by atoms with Crippen LogP contribution in [0.3, 0.4) is 0 Å². The molecule has 2 rings (SSSR count). The summed E-state index contributed by atoms with van der Waals surface area (Å²) in [4.78, 5) is 26.3.